The molecule has 0 spiro atoms. The van der Waals surface area contributed by atoms with Gasteiger partial charge in [-0.05, 0) is 69.5 Å². The van der Waals surface area contributed by atoms with Crippen LogP contribution in [0.25, 0.3) is 11.4 Å². The van der Waals surface area contributed by atoms with Gasteiger partial charge in [0, 0.05) is 23.6 Å². The first-order valence-corrected chi connectivity index (χ1v) is 10.3. The van der Waals surface area contributed by atoms with Crippen LogP contribution in [-0.2, 0) is 6.42 Å². The van der Waals surface area contributed by atoms with Crippen LogP contribution in [0.3, 0.4) is 0 Å². The average Bonchev–Trinajstić information content (AvgIpc) is 3.07. The predicted molar refractivity (Wildman–Crippen MR) is 118 cm³/mol. The highest BCUT2D eigenvalue weighted by atomic mass is 35.5. The molecule has 3 aromatic rings. The SMILES string of the molecule is Cc1ccc(-c2nsc(Oc3cc(C)c(CCN4CCC4)cc3C)n2)cc1.Cl. The summed E-state index contributed by atoms with van der Waals surface area (Å²) in [7, 11) is 0. The van der Waals surface area contributed by atoms with E-state index in [9.17, 15) is 0 Å². The topological polar surface area (TPSA) is 38.2 Å². The molecule has 148 valence electrons. The lowest BCUT2D eigenvalue weighted by molar-refractivity contribution is 0.184. The molecule has 1 fully saturated rings. The van der Waals surface area contributed by atoms with E-state index in [0.29, 0.717) is 5.19 Å². The summed E-state index contributed by atoms with van der Waals surface area (Å²) < 4.78 is 10.5. The number of likely N-dealkylation sites (tertiary alicyclic amines) is 1. The van der Waals surface area contributed by atoms with Crippen molar-refractivity contribution in [2.24, 2.45) is 0 Å². The van der Waals surface area contributed by atoms with Crippen LogP contribution in [0.2, 0.25) is 0 Å². The van der Waals surface area contributed by atoms with Crippen molar-refractivity contribution in [3.8, 4) is 22.3 Å². The van der Waals surface area contributed by atoms with Gasteiger partial charge in [-0.1, -0.05) is 35.9 Å². The molecule has 1 aliphatic rings. The Kier molecular flexibility index (Phi) is 6.70. The van der Waals surface area contributed by atoms with Crippen LogP contribution in [0.1, 0.15) is 28.7 Å². The number of nitrogens with zero attached hydrogens (tertiary/aromatic N) is 3. The lowest BCUT2D eigenvalue weighted by atomic mass is 10.0. The Balaban J connectivity index is 0.00000225. The zero-order valence-corrected chi connectivity index (χ0v) is 18.2. The zero-order chi connectivity index (χ0) is 18.8. The third-order valence-corrected chi connectivity index (χ3v) is 5.79. The third kappa shape index (κ3) is 4.72. The molecule has 0 radical (unpaired) electrons. The van der Waals surface area contributed by atoms with Crippen LogP contribution in [0, 0.1) is 20.8 Å². The van der Waals surface area contributed by atoms with Gasteiger partial charge in [0.25, 0.3) is 5.19 Å². The fourth-order valence-electron chi connectivity index (χ4n) is 3.28. The Labute approximate surface area is 177 Å². The molecule has 4 rings (SSSR count). The molecule has 0 unspecified atom stereocenters. The first kappa shape index (κ1) is 20.8. The normalized spacial score (nSPS) is 13.7. The molecule has 0 saturated carbocycles. The fourth-order valence-corrected chi connectivity index (χ4v) is 3.84. The maximum atomic E-state index is 6.06. The molecule has 2 heterocycles. The van der Waals surface area contributed by atoms with Crippen molar-refractivity contribution in [2.45, 2.75) is 33.6 Å². The lowest BCUT2D eigenvalue weighted by Crippen LogP contribution is -2.38. The van der Waals surface area contributed by atoms with Crippen molar-refractivity contribution in [3.05, 3.63) is 58.7 Å². The maximum absolute atomic E-state index is 6.06. The van der Waals surface area contributed by atoms with Crippen molar-refractivity contribution in [1.82, 2.24) is 14.3 Å². The Morgan fingerprint density at radius 2 is 1.79 bits per heavy atom. The number of benzene rings is 2. The summed E-state index contributed by atoms with van der Waals surface area (Å²) in [4.78, 5) is 7.06. The van der Waals surface area contributed by atoms with Gasteiger partial charge in [0.2, 0.25) is 0 Å². The van der Waals surface area contributed by atoms with Gasteiger partial charge in [0.1, 0.15) is 5.75 Å². The van der Waals surface area contributed by atoms with Crippen LogP contribution in [0.4, 0.5) is 0 Å². The molecule has 0 bridgehead atoms. The monoisotopic (exact) mass is 415 g/mol. The van der Waals surface area contributed by atoms with Gasteiger partial charge < -0.3 is 9.64 Å². The van der Waals surface area contributed by atoms with Gasteiger partial charge in [0.05, 0.1) is 0 Å². The van der Waals surface area contributed by atoms with Gasteiger partial charge in [-0.15, -0.1) is 12.4 Å². The molecule has 0 atom stereocenters. The highest BCUT2D eigenvalue weighted by Gasteiger charge is 2.15. The van der Waals surface area contributed by atoms with E-state index in [1.807, 2.05) is 12.1 Å². The lowest BCUT2D eigenvalue weighted by Gasteiger charge is -2.30. The van der Waals surface area contributed by atoms with Crippen molar-refractivity contribution >= 4 is 23.9 Å². The van der Waals surface area contributed by atoms with Gasteiger partial charge in [-0.2, -0.15) is 9.36 Å². The Bertz CT molecular complexity index is 935. The first-order valence-electron chi connectivity index (χ1n) is 9.49. The summed E-state index contributed by atoms with van der Waals surface area (Å²) in [5.41, 5.74) is 6.07. The second-order valence-corrected chi connectivity index (χ2v) is 8.06. The summed E-state index contributed by atoms with van der Waals surface area (Å²) in [5, 5.41) is 0.585. The predicted octanol–water partition coefficient (Wildman–Crippen LogP) is 5.59. The largest absolute Gasteiger partial charge is 0.430 e. The second-order valence-electron chi connectivity index (χ2n) is 7.34. The number of halogens is 1. The second kappa shape index (κ2) is 9.03. The van der Waals surface area contributed by atoms with Crippen molar-refractivity contribution in [2.75, 3.05) is 19.6 Å². The fraction of sp³-hybridized carbons (Fsp3) is 0.364. The van der Waals surface area contributed by atoms with E-state index in [0.717, 1.165) is 35.7 Å². The number of hydrogen-bond acceptors (Lipinski definition) is 5. The van der Waals surface area contributed by atoms with Crippen LogP contribution in [0.5, 0.6) is 10.9 Å². The number of aryl methyl sites for hydroxylation is 3. The molecule has 6 heteroatoms. The van der Waals surface area contributed by atoms with Crippen molar-refractivity contribution in [3.63, 3.8) is 0 Å². The summed E-state index contributed by atoms with van der Waals surface area (Å²) in [6.45, 7) is 9.99. The van der Waals surface area contributed by atoms with Crippen LogP contribution >= 0.6 is 23.9 Å². The Morgan fingerprint density at radius 3 is 2.46 bits per heavy atom. The minimum atomic E-state index is 0. The van der Waals surface area contributed by atoms with Crippen LogP contribution in [-0.4, -0.2) is 33.9 Å². The van der Waals surface area contributed by atoms with E-state index in [2.05, 4.69) is 59.3 Å². The van der Waals surface area contributed by atoms with Gasteiger partial charge in [0.15, 0.2) is 5.82 Å². The molecule has 0 aliphatic carbocycles. The maximum Gasteiger partial charge on any atom is 0.299 e. The number of ether oxygens (including phenoxy) is 1. The molecular formula is C22H26ClN3OS. The van der Waals surface area contributed by atoms with Crippen molar-refractivity contribution in [1.29, 1.82) is 0 Å². The first-order chi connectivity index (χ1) is 13.1. The molecule has 0 amide bonds. The Hall–Kier alpha value is -1.95. The van der Waals surface area contributed by atoms with Gasteiger partial charge >= 0.3 is 0 Å². The zero-order valence-electron chi connectivity index (χ0n) is 16.6. The van der Waals surface area contributed by atoms with Gasteiger partial charge in [-0.25, -0.2) is 0 Å². The molecule has 1 saturated heterocycles. The third-order valence-electron chi connectivity index (χ3n) is 5.19. The van der Waals surface area contributed by atoms with E-state index in [1.54, 1.807) is 0 Å². The van der Waals surface area contributed by atoms with E-state index in [-0.39, 0.29) is 12.4 Å². The number of rotatable bonds is 6. The van der Waals surface area contributed by atoms with E-state index in [1.165, 1.54) is 47.7 Å². The van der Waals surface area contributed by atoms with Crippen molar-refractivity contribution < 1.29 is 4.74 Å². The van der Waals surface area contributed by atoms with Crippen LogP contribution < -0.4 is 4.74 Å². The Morgan fingerprint density at radius 1 is 1.04 bits per heavy atom. The van der Waals surface area contributed by atoms with Crippen LogP contribution in [0.15, 0.2) is 36.4 Å². The summed E-state index contributed by atoms with van der Waals surface area (Å²) in [6.07, 6.45) is 2.44. The summed E-state index contributed by atoms with van der Waals surface area (Å²) >= 11 is 1.30. The summed E-state index contributed by atoms with van der Waals surface area (Å²) in [6, 6.07) is 12.6. The number of aromatic nitrogens is 2. The average molecular weight is 416 g/mol. The van der Waals surface area contributed by atoms with E-state index >= 15 is 0 Å². The highest BCUT2D eigenvalue weighted by Crippen LogP contribution is 2.31. The minimum Gasteiger partial charge on any atom is -0.430 e. The number of hydrogen-bond donors (Lipinski definition) is 0. The molecule has 2 aromatic carbocycles. The molecule has 1 aliphatic heterocycles. The molecular weight excluding hydrogens is 390 g/mol. The summed E-state index contributed by atoms with van der Waals surface area (Å²) in [5.74, 6) is 1.59. The molecule has 0 N–H and O–H groups in total. The van der Waals surface area contributed by atoms with E-state index in [4.69, 9.17) is 4.74 Å². The molecule has 4 nitrogen and oxygen atoms in total. The standard InChI is InChI=1S/C22H25N3OS.ClH/c1-15-5-7-18(8-6-15)21-23-22(27-24-21)26-20-14-16(2)19(13-17(20)3)9-12-25-10-4-11-25;/h5-8,13-14H,4,9-12H2,1-3H3;1H. The highest BCUT2D eigenvalue weighted by molar-refractivity contribution is 7.07. The quantitative estimate of drug-likeness (QED) is 0.525. The van der Waals surface area contributed by atoms with Gasteiger partial charge in [-0.3, -0.25) is 0 Å². The minimum absolute atomic E-state index is 0. The van der Waals surface area contributed by atoms with E-state index < -0.39 is 0 Å². The molecule has 28 heavy (non-hydrogen) atoms. The molecule has 1 aromatic heterocycles. The smallest absolute Gasteiger partial charge is 0.299 e.